The predicted molar refractivity (Wildman–Crippen MR) is 69.2 cm³/mol. The molecule has 4 N–H and O–H groups in total. The first-order valence-corrected chi connectivity index (χ1v) is 5.57. The first-order valence-electron chi connectivity index (χ1n) is 5.57. The number of hydrogen-bond acceptors (Lipinski definition) is 3. The van der Waals surface area contributed by atoms with Gasteiger partial charge in [-0.05, 0) is 24.6 Å². The van der Waals surface area contributed by atoms with Gasteiger partial charge in [0.05, 0.1) is 6.61 Å². The highest BCUT2D eigenvalue weighted by molar-refractivity contribution is 5.88. The van der Waals surface area contributed by atoms with E-state index in [0.29, 0.717) is 12.3 Å². The van der Waals surface area contributed by atoms with Gasteiger partial charge in [-0.1, -0.05) is 13.0 Å². The van der Waals surface area contributed by atoms with Gasteiger partial charge in [0.15, 0.2) is 0 Å². The molecule has 0 spiro atoms. The number of rotatable bonds is 6. The van der Waals surface area contributed by atoms with E-state index in [1.807, 2.05) is 18.2 Å². The quantitative estimate of drug-likeness (QED) is 0.708. The lowest BCUT2D eigenvalue weighted by Crippen LogP contribution is -2.24. The molecule has 1 unspecified atom stereocenters. The molecule has 0 bridgehead atoms. The lowest BCUT2D eigenvalue weighted by molar-refractivity contribution is 0.184. The Morgan fingerprint density at radius 2 is 2.18 bits per heavy atom. The van der Waals surface area contributed by atoms with E-state index >= 15 is 0 Å². The van der Waals surface area contributed by atoms with Crippen LogP contribution >= 0.6 is 0 Å². The number of carbonyl (C=O) groups is 1. The predicted octanol–water partition coefficient (Wildman–Crippen LogP) is 2.01. The van der Waals surface area contributed by atoms with E-state index in [1.165, 1.54) is 0 Å². The third-order valence-corrected chi connectivity index (χ3v) is 2.36. The van der Waals surface area contributed by atoms with Gasteiger partial charge < -0.3 is 21.1 Å². The van der Waals surface area contributed by atoms with E-state index in [-0.39, 0.29) is 6.04 Å². The molecular formula is C12H19N3O2. The lowest BCUT2D eigenvalue weighted by atomic mass is 10.2. The van der Waals surface area contributed by atoms with Crippen LogP contribution in [0.25, 0.3) is 0 Å². The molecule has 0 heterocycles. The van der Waals surface area contributed by atoms with Crippen molar-refractivity contribution in [3.8, 4) is 0 Å². The van der Waals surface area contributed by atoms with E-state index in [1.54, 1.807) is 13.2 Å². The standard InChI is InChI=1S/C12H19N3O2/c1-3-9(8-17-2)14-10-5-4-6-11(7-10)15-12(13)16/h4-7,9,14H,3,8H2,1-2H3,(H3,13,15,16). The van der Waals surface area contributed by atoms with Gasteiger partial charge in [0, 0.05) is 24.5 Å². The third kappa shape index (κ3) is 4.74. The van der Waals surface area contributed by atoms with Crippen molar-refractivity contribution in [2.75, 3.05) is 24.4 Å². The van der Waals surface area contributed by atoms with Gasteiger partial charge in [-0.25, -0.2) is 4.79 Å². The molecule has 5 heteroatoms. The van der Waals surface area contributed by atoms with Crippen LogP contribution in [-0.4, -0.2) is 25.8 Å². The number of nitrogens with one attached hydrogen (secondary N) is 2. The molecule has 1 aromatic carbocycles. The second-order valence-electron chi connectivity index (χ2n) is 3.77. The zero-order valence-corrected chi connectivity index (χ0v) is 10.2. The Morgan fingerprint density at radius 1 is 1.47 bits per heavy atom. The molecule has 0 aliphatic rings. The van der Waals surface area contributed by atoms with Gasteiger partial charge in [0.1, 0.15) is 0 Å². The van der Waals surface area contributed by atoms with Crippen molar-refractivity contribution in [2.45, 2.75) is 19.4 Å². The van der Waals surface area contributed by atoms with Crippen LogP contribution in [0.3, 0.4) is 0 Å². The van der Waals surface area contributed by atoms with Crippen LogP contribution in [0.4, 0.5) is 16.2 Å². The molecule has 0 saturated heterocycles. The molecule has 1 aromatic rings. The number of benzene rings is 1. The number of methoxy groups -OCH3 is 1. The van der Waals surface area contributed by atoms with Crippen molar-refractivity contribution in [3.63, 3.8) is 0 Å². The second kappa shape index (κ2) is 6.75. The van der Waals surface area contributed by atoms with Crippen LogP contribution < -0.4 is 16.4 Å². The second-order valence-corrected chi connectivity index (χ2v) is 3.77. The molecule has 0 aliphatic heterocycles. The maximum atomic E-state index is 10.7. The Bertz CT molecular complexity index is 369. The molecule has 94 valence electrons. The molecule has 0 aliphatic carbocycles. The average molecular weight is 237 g/mol. The molecule has 5 nitrogen and oxygen atoms in total. The largest absolute Gasteiger partial charge is 0.383 e. The van der Waals surface area contributed by atoms with Crippen LogP contribution in [0, 0.1) is 0 Å². The number of primary amides is 1. The highest BCUT2D eigenvalue weighted by Crippen LogP contribution is 2.16. The maximum Gasteiger partial charge on any atom is 0.316 e. The van der Waals surface area contributed by atoms with Crippen molar-refractivity contribution in [1.29, 1.82) is 0 Å². The minimum absolute atomic E-state index is 0.254. The number of carbonyl (C=O) groups excluding carboxylic acids is 1. The van der Waals surface area contributed by atoms with Crippen LogP contribution in [-0.2, 0) is 4.74 Å². The number of nitrogens with two attached hydrogens (primary N) is 1. The van der Waals surface area contributed by atoms with Gasteiger partial charge in [0.2, 0.25) is 0 Å². The van der Waals surface area contributed by atoms with Crippen molar-refractivity contribution in [2.24, 2.45) is 5.73 Å². The Labute approximate surface area is 101 Å². The van der Waals surface area contributed by atoms with Crippen LogP contribution in [0.1, 0.15) is 13.3 Å². The lowest BCUT2D eigenvalue weighted by Gasteiger charge is -2.17. The number of urea groups is 1. The average Bonchev–Trinajstić information content (AvgIpc) is 2.28. The molecule has 0 aromatic heterocycles. The number of ether oxygens (including phenoxy) is 1. The summed E-state index contributed by atoms with van der Waals surface area (Å²) in [6.07, 6.45) is 0.960. The molecule has 0 fully saturated rings. The Hall–Kier alpha value is -1.75. The molecule has 1 atom stereocenters. The van der Waals surface area contributed by atoms with Gasteiger partial charge >= 0.3 is 6.03 Å². The third-order valence-electron chi connectivity index (χ3n) is 2.36. The van der Waals surface area contributed by atoms with Gasteiger partial charge in [0.25, 0.3) is 0 Å². The van der Waals surface area contributed by atoms with E-state index in [2.05, 4.69) is 17.6 Å². The topological polar surface area (TPSA) is 76.4 Å². The summed E-state index contributed by atoms with van der Waals surface area (Å²) < 4.78 is 5.11. The Morgan fingerprint density at radius 3 is 2.76 bits per heavy atom. The maximum absolute atomic E-state index is 10.7. The van der Waals surface area contributed by atoms with E-state index in [9.17, 15) is 4.79 Å². The molecule has 0 saturated carbocycles. The first kappa shape index (κ1) is 13.3. The molecule has 17 heavy (non-hydrogen) atoms. The van der Waals surface area contributed by atoms with E-state index < -0.39 is 6.03 Å². The van der Waals surface area contributed by atoms with Gasteiger partial charge in [-0.15, -0.1) is 0 Å². The van der Waals surface area contributed by atoms with Crippen molar-refractivity contribution in [3.05, 3.63) is 24.3 Å². The summed E-state index contributed by atoms with van der Waals surface area (Å²) in [5, 5.41) is 5.86. The SMILES string of the molecule is CCC(COC)Nc1cccc(NC(N)=O)c1. The molecule has 0 radical (unpaired) electrons. The highest BCUT2D eigenvalue weighted by Gasteiger charge is 2.05. The summed E-state index contributed by atoms with van der Waals surface area (Å²) in [6.45, 7) is 2.73. The Balaban J connectivity index is 2.67. The summed E-state index contributed by atoms with van der Waals surface area (Å²) in [5.74, 6) is 0. The minimum atomic E-state index is -0.564. The minimum Gasteiger partial charge on any atom is -0.383 e. The normalized spacial score (nSPS) is 11.9. The number of hydrogen-bond donors (Lipinski definition) is 3. The number of amides is 2. The summed E-state index contributed by atoms with van der Waals surface area (Å²) in [6, 6.07) is 7.10. The summed E-state index contributed by atoms with van der Waals surface area (Å²) >= 11 is 0. The zero-order chi connectivity index (χ0) is 12.7. The van der Waals surface area contributed by atoms with E-state index in [4.69, 9.17) is 10.5 Å². The fraction of sp³-hybridized carbons (Fsp3) is 0.417. The monoisotopic (exact) mass is 237 g/mol. The van der Waals surface area contributed by atoms with Crippen molar-refractivity contribution >= 4 is 17.4 Å². The van der Waals surface area contributed by atoms with Crippen LogP contribution in [0.2, 0.25) is 0 Å². The van der Waals surface area contributed by atoms with Gasteiger partial charge in [-0.3, -0.25) is 0 Å². The molecule has 2 amide bonds. The Kier molecular flexibility index (Phi) is 5.29. The summed E-state index contributed by atoms with van der Waals surface area (Å²) in [4.78, 5) is 10.7. The summed E-state index contributed by atoms with van der Waals surface area (Å²) in [7, 11) is 1.68. The van der Waals surface area contributed by atoms with Crippen molar-refractivity contribution < 1.29 is 9.53 Å². The van der Waals surface area contributed by atoms with E-state index in [0.717, 1.165) is 12.1 Å². The molecule has 1 rings (SSSR count). The zero-order valence-electron chi connectivity index (χ0n) is 10.2. The van der Waals surface area contributed by atoms with Crippen molar-refractivity contribution in [1.82, 2.24) is 0 Å². The smallest absolute Gasteiger partial charge is 0.316 e. The fourth-order valence-electron chi connectivity index (χ4n) is 1.53. The fourth-order valence-corrected chi connectivity index (χ4v) is 1.53. The van der Waals surface area contributed by atoms with Crippen LogP contribution in [0.15, 0.2) is 24.3 Å². The highest BCUT2D eigenvalue weighted by atomic mass is 16.5. The summed E-state index contributed by atoms with van der Waals surface area (Å²) in [5.41, 5.74) is 6.67. The van der Waals surface area contributed by atoms with Gasteiger partial charge in [-0.2, -0.15) is 0 Å². The van der Waals surface area contributed by atoms with Crippen LogP contribution in [0.5, 0.6) is 0 Å². The first-order chi connectivity index (χ1) is 8.15. The number of anilines is 2. The molecular weight excluding hydrogens is 218 g/mol.